The van der Waals surface area contributed by atoms with E-state index in [1.54, 1.807) is 18.3 Å². The second-order valence-corrected chi connectivity index (χ2v) is 4.82. The number of imide groups is 1. The minimum absolute atomic E-state index is 0.253. The zero-order chi connectivity index (χ0) is 13.7. The second kappa shape index (κ2) is 6.49. The molecular weight excluding hydrogens is 244 g/mol. The van der Waals surface area contributed by atoms with Crippen molar-refractivity contribution in [1.82, 2.24) is 20.5 Å². The fourth-order valence-electron chi connectivity index (χ4n) is 2.34. The number of nitrogens with one attached hydrogen (secondary N) is 3. The Morgan fingerprint density at radius 1 is 1.53 bits per heavy atom. The number of hydrogen-bond donors (Lipinski definition) is 3. The summed E-state index contributed by atoms with van der Waals surface area (Å²) in [5.74, 6) is -0.631. The number of hydrogen-bond acceptors (Lipinski definition) is 4. The molecule has 0 spiro atoms. The van der Waals surface area contributed by atoms with Crippen molar-refractivity contribution in [3.63, 3.8) is 0 Å². The lowest BCUT2D eigenvalue weighted by molar-refractivity contribution is -0.121. The first kappa shape index (κ1) is 13.8. The molecular formula is C13H20N4O2. The molecule has 19 heavy (non-hydrogen) atoms. The van der Waals surface area contributed by atoms with Crippen molar-refractivity contribution < 1.29 is 9.59 Å². The van der Waals surface area contributed by atoms with E-state index in [9.17, 15) is 9.59 Å². The van der Waals surface area contributed by atoms with Gasteiger partial charge in [-0.3, -0.25) is 19.8 Å². The molecule has 1 atom stereocenters. The van der Waals surface area contributed by atoms with Crippen LogP contribution in [-0.4, -0.2) is 54.4 Å². The summed E-state index contributed by atoms with van der Waals surface area (Å²) in [7, 11) is 1.93. The van der Waals surface area contributed by atoms with Crippen molar-refractivity contribution in [2.75, 3.05) is 26.7 Å². The molecule has 0 aliphatic carbocycles. The smallest absolute Gasteiger partial charge is 0.274 e. The summed E-state index contributed by atoms with van der Waals surface area (Å²) in [6.07, 6.45) is 3.86. The number of aromatic nitrogens is 1. The van der Waals surface area contributed by atoms with Crippen LogP contribution in [0.25, 0.3) is 0 Å². The maximum absolute atomic E-state index is 11.8. The second-order valence-electron chi connectivity index (χ2n) is 4.82. The summed E-state index contributed by atoms with van der Waals surface area (Å²) in [4.78, 5) is 28.3. The number of H-pyrrole nitrogens is 1. The molecule has 0 aromatic carbocycles. The van der Waals surface area contributed by atoms with Crippen molar-refractivity contribution in [2.24, 2.45) is 0 Å². The van der Waals surface area contributed by atoms with Crippen LogP contribution in [0.3, 0.4) is 0 Å². The minimum atomic E-state index is -0.378. The number of carbonyl (C=O) groups is 2. The molecule has 1 fully saturated rings. The number of likely N-dealkylation sites (N-methyl/N-ethyl adjacent to an activating group) is 1. The van der Waals surface area contributed by atoms with Gasteiger partial charge in [0.05, 0.1) is 6.54 Å². The molecule has 1 aromatic rings. The Morgan fingerprint density at radius 3 is 3.05 bits per heavy atom. The monoisotopic (exact) mass is 264 g/mol. The fraction of sp³-hybridized carbons (Fsp3) is 0.538. The molecule has 1 unspecified atom stereocenters. The van der Waals surface area contributed by atoms with Gasteiger partial charge in [-0.05, 0) is 38.6 Å². The molecule has 6 heteroatoms. The lowest BCUT2D eigenvalue weighted by Gasteiger charge is -2.31. The highest BCUT2D eigenvalue weighted by molar-refractivity contribution is 6.04. The Bertz CT molecular complexity index is 430. The average Bonchev–Trinajstić information content (AvgIpc) is 2.92. The van der Waals surface area contributed by atoms with Crippen LogP contribution in [-0.2, 0) is 4.79 Å². The molecule has 2 amide bonds. The van der Waals surface area contributed by atoms with Crippen molar-refractivity contribution in [2.45, 2.75) is 18.9 Å². The van der Waals surface area contributed by atoms with Gasteiger partial charge in [0.15, 0.2) is 0 Å². The molecule has 0 saturated carbocycles. The molecule has 1 aromatic heterocycles. The highest BCUT2D eigenvalue weighted by Crippen LogP contribution is 2.08. The fourth-order valence-corrected chi connectivity index (χ4v) is 2.34. The number of carbonyl (C=O) groups excluding carboxylic acids is 2. The van der Waals surface area contributed by atoms with Gasteiger partial charge in [-0.25, -0.2) is 0 Å². The maximum atomic E-state index is 11.8. The molecule has 2 heterocycles. The molecule has 1 saturated heterocycles. The van der Waals surface area contributed by atoms with Crippen LogP contribution in [0, 0.1) is 0 Å². The van der Waals surface area contributed by atoms with Crippen LogP contribution in [0.5, 0.6) is 0 Å². The highest BCUT2D eigenvalue weighted by Gasteiger charge is 2.21. The molecule has 0 bridgehead atoms. The Hall–Kier alpha value is -1.66. The first-order valence-corrected chi connectivity index (χ1v) is 6.56. The summed E-state index contributed by atoms with van der Waals surface area (Å²) in [5.41, 5.74) is 0.403. The summed E-state index contributed by atoms with van der Waals surface area (Å²) >= 11 is 0. The molecule has 6 nitrogen and oxygen atoms in total. The predicted octanol–water partition coefficient (Wildman–Crippen LogP) is -0.0451. The number of likely N-dealkylation sites (tertiary alicyclic amines) is 1. The largest absolute Gasteiger partial charge is 0.357 e. The minimum Gasteiger partial charge on any atom is -0.357 e. The van der Waals surface area contributed by atoms with Gasteiger partial charge >= 0.3 is 0 Å². The molecule has 104 valence electrons. The topological polar surface area (TPSA) is 77.2 Å². The van der Waals surface area contributed by atoms with Gasteiger partial charge in [0, 0.05) is 18.8 Å². The number of rotatable bonds is 4. The van der Waals surface area contributed by atoms with Gasteiger partial charge in [-0.1, -0.05) is 0 Å². The van der Waals surface area contributed by atoms with E-state index in [0.29, 0.717) is 11.7 Å². The van der Waals surface area contributed by atoms with Crippen molar-refractivity contribution in [3.8, 4) is 0 Å². The maximum Gasteiger partial charge on any atom is 0.274 e. The Morgan fingerprint density at radius 2 is 2.37 bits per heavy atom. The number of aromatic amines is 1. The van der Waals surface area contributed by atoms with Gasteiger partial charge in [0.2, 0.25) is 5.91 Å². The van der Waals surface area contributed by atoms with E-state index < -0.39 is 0 Å². The van der Waals surface area contributed by atoms with Gasteiger partial charge in [0.1, 0.15) is 5.69 Å². The van der Waals surface area contributed by atoms with E-state index in [0.717, 1.165) is 25.9 Å². The van der Waals surface area contributed by atoms with Crippen molar-refractivity contribution >= 4 is 11.8 Å². The Kier molecular flexibility index (Phi) is 4.70. The van der Waals surface area contributed by atoms with Crippen molar-refractivity contribution in [1.29, 1.82) is 0 Å². The number of amides is 2. The quantitative estimate of drug-likeness (QED) is 0.713. The first-order chi connectivity index (χ1) is 9.19. The summed E-state index contributed by atoms with van der Waals surface area (Å²) in [6, 6.07) is 3.79. The molecule has 3 N–H and O–H groups in total. The number of piperidine rings is 1. The van der Waals surface area contributed by atoms with Gasteiger partial charge in [-0.2, -0.15) is 0 Å². The third-order valence-electron chi connectivity index (χ3n) is 3.38. The number of nitrogens with zero attached hydrogens (tertiary/aromatic N) is 1. The van der Waals surface area contributed by atoms with E-state index in [1.807, 2.05) is 7.05 Å². The molecule has 1 aliphatic heterocycles. The van der Waals surface area contributed by atoms with Crippen molar-refractivity contribution in [3.05, 3.63) is 24.0 Å². The van der Waals surface area contributed by atoms with Crippen LogP contribution < -0.4 is 10.6 Å². The van der Waals surface area contributed by atoms with Crippen LogP contribution in [0.1, 0.15) is 23.3 Å². The first-order valence-electron chi connectivity index (χ1n) is 6.56. The van der Waals surface area contributed by atoms with Gasteiger partial charge in [-0.15, -0.1) is 0 Å². The zero-order valence-electron chi connectivity index (χ0n) is 11.1. The lowest BCUT2D eigenvalue weighted by atomic mass is 10.1. The standard InChI is InChI=1S/C13H20N4O2/c1-14-10-4-3-7-17(8-10)9-12(18)16-13(19)11-5-2-6-15-11/h2,5-6,10,14-15H,3-4,7-9H2,1H3,(H,16,18,19). The molecule has 0 radical (unpaired) electrons. The van der Waals surface area contributed by atoms with Crippen LogP contribution in [0.15, 0.2) is 18.3 Å². The third kappa shape index (κ3) is 3.90. The van der Waals surface area contributed by atoms with Crippen LogP contribution >= 0.6 is 0 Å². The van der Waals surface area contributed by atoms with E-state index in [1.165, 1.54) is 0 Å². The summed E-state index contributed by atoms with van der Waals surface area (Å²) in [5, 5.41) is 5.62. The highest BCUT2D eigenvalue weighted by atomic mass is 16.2. The van der Waals surface area contributed by atoms with Crippen LogP contribution in [0.2, 0.25) is 0 Å². The molecule has 1 aliphatic rings. The Labute approximate surface area is 112 Å². The van der Waals surface area contributed by atoms with E-state index >= 15 is 0 Å². The van der Waals surface area contributed by atoms with Crippen LogP contribution in [0.4, 0.5) is 0 Å². The summed E-state index contributed by atoms with van der Waals surface area (Å²) in [6.45, 7) is 2.02. The van der Waals surface area contributed by atoms with E-state index in [2.05, 4.69) is 20.5 Å². The van der Waals surface area contributed by atoms with Gasteiger partial charge in [0.25, 0.3) is 5.91 Å². The average molecular weight is 264 g/mol. The normalized spacial score (nSPS) is 20.2. The SMILES string of the molecule is CNC1CCCN(CC(=O)NC(=O)c2ccc[nH]2)C1. The summed E-state index contributed by atoms with van der Waals surface area (Å²) < 4.78 is 0. The Balaban J connectivity index is 1.79. The van der Waals surface area contributed by atoms with E-state index in [-0.39, 0.29) is 18.4 Å². The molecule has 2 rings (SSSR count). The zero-order valence-corrected chi connectivity index (χ0v) is 11.1. The lowest BCUT2D eigenvalue weighted by Crippen LogP contribution is -2.48. The van der Waals surface area contributed by atoms with E-state index in [4.69, 9.17) is 0 Å². The predicted molar refractivity (Wildman–Crippen MR) is 71.8 cm³/mol. The van der Waals surface area contributed by atoms with Gasteiger partial charge < -0.3 is 10.3 Å². The third-order valence-corrected chi connectivity index (χ3v) is 3.38.